The molecule has 10 nitrogen and oxygen atoms in total. The number of esters is 1. The van der Waals surface area contributed by atoms with Crippen LogP contribution in [0.1, 0.15) is 52.0 Å². The molecule has 3 heterocycles. The minimum atomic E-state index is -0.358. The molecule has 0 radical (unpaired) electrons. The Hall–Kier alpha value is -4.60. The van der Waals surface area contributed by atoms with Crippen molar-refractivity contribution >= 4 is 29.3 Å². The van der Waals surface area contributed by atoms with Crippen molar-refractivity contribution in [2.75, 3.05) is 37.8 Å². The highest BCUT2D eigenvalue weighted by molar-refractivity contribution is 6.02. The molecule has 1 aromatic heterocycles. The van der Waals surface area contributed by atoms with Crippen molar-refractivity contribution in [3.8, 4) is 11.5 Å². The highest BCUT2D eigenvalue weighted by Crippen LogP contribution is 2.34. The standard InChI is InChI=1S/C31H32N2O8/c1-3-38-31(37)22-5-4-14-32(16-22)30(36)28-13-11-24(41-28)17-33-25-15-21(8-12-27(25)40-19-29(33)35)26(34)18-39-23-9-6-20(2)7-10-23/h6-13,15,22H,3-5,14,16-19H2,1-2H3. The van der Waals surface area contributed by atoms with Gasteiger partial charge in [-0.3, -0.25) is 24.1 Å². The predicted octanol–water partition coefficient (Wildman–Crippen LogP) is 4.19. The van der Waals surface area contributed by atoms with Crippen LogP contribution >= 0.6 is 0 Å². The first kappa shape index (κ1) is 27.9. The Morgan fingerprint density at radius 1 is 1.05 bits per heavy atom. The van der Waals surface area contributed by atoms with Gasteiger partial charge in [-0.1, -0.05) is 17.7 Å². The Morgan fingerprint density at radius 3 is 2.63 bits per heavy atom. The third kappa shape index (κ3) is 6.42. The Labute approximate surface area is 237 Å². The molecule has 1 unspecified atom stereocenters. The second-order valence-corrected chi connectivity index (χ2v) is 10.1. The van der Waals surface area contributed by atoms with Crippen LogP contribution in [0, 0.1) is 12.8 Å². The SMILES string of the molecule is CCOC(=O)C1CCCN(C(=O)c2ccc(CN3C(=O)COc4ccc(C(=O)COc5ccc(C)cc5)cc43)o2)C1. The molecule has 0 N–H and O–H groups in total. The summed E-state index contributed by atoms with van der Waals surface area (Å²) in [5, 5.41) is 0. The van der Waals surface area contributed by atoms with E-state index in [1.165, 1.54) is 4.90 Å². The monoisotopic (exact) mass is 560 g/mol. The van der Waals surface area contributed by atoms with Gasteiger partial charge in [-0.25, -0.2) is 0 Å². The second-order valence-electron chi connectivity index (χ2n) is 10.1. The number of hydrogen-bond donors (Lipinski definition) is 0. The van der Waals surface area contributed by atoms with Gasteiger partial charge in [0.25, 0.3) is 11.8 Å². The van der Waals surface area contributed by atoms with Crippen LogP contribution in [0.15, 0.2) is 59.0 Å². The van der Waals surface area contributed by atoms with Gasteiger partial charge in [0.15, 0.2) is 24.8 Å². The molecule has 0 spiro atoms. The quantitative estimate of drug-likeness (QED) is 0.283. The van der Waals surface area contributed by atoms with Gasteiger partial charge in [0.05, 0.1) is 24.8 Å². The molecule has 10 heteroatoms. The number of nitrogens with zero attached hydrogens (tertiary/aromatic N) is 2. The summed E-state index contributed by atoms with van der Waals surface area (Å²) >= 11 is 0. The first-order chi connectivity index (χ1) is 19.8. The van der Waals surface area contributed by atoms with E-state index in [9.17, 15) is 19.2 Å². The topological polar surface area (TPSA) is 116 Å². The summed E-state index contributed by atoms with van der Waals surface area (Å²) in [5.41, 5.74) is 1.89. The number of benzene rings is 2. The van der Waals surface area contributed by atoms with Crippen molar-refractivity contribution in [2.24, 2.45) is 5.92 Å². The van der Waals surface area contributed by atoms with Crippen LogP contribution in [0.5, 0.6) is 11.5 Å². The maximum Gasteiger partial charge on any atom is 0.310 e. The van der Waals surface area contributed by atoms with Gasteiger partial charge in [0.2, 0.25) is 0 Å². The minimum absolute atomic E-state index is 0.0471. The lowest BCUT2D eigenvalue weighted by Gasteiger charge is -2.31. The van der Waals surface area contributed by atoms with Crippen molar-refractivity contribution in [3.05, 3.63) is 77.2 Å². The van der Waals surface area contributed by atoms with Crippen molar-refractivity contribution < 1.29 is 37.8 Å². The van der Waals surface area contributed by atoms with Crippen LogP contribution in [-0.4, -0.2) is 61.4 Å². The third-order valence-electron chi connectivity index (χ3n) is 7.13. The molecule has 5 rings (SSSR count). The van der Waals surface area contributed by atoms with Gasteiger partial charge in [-0.15, -0.1) is 0 Å². The molecule has 2 aliphatic rings. The number of likely N-dealkylation sites (tertiary alicyclic amines) is 1. The molecule has 214 valence electrons. The highest BCUT2D eigenvalue weighted by Gasteiger charge is 2.32. The van der Waals surface area contributed by atoms with E-state index in [1.807, 2.05) is 19.1 Å². The largest absolute Gasteiger partial charge is 0.485 e. The van der Waals surface area contributed by atoms with Gasteiger partial charge in [-0.2, -0.15) is 0 Å². The molecular weight excluding hydrogens is 528 g/mol. The summed E-state index contributed by atoms with van der Waals surface area (Å²) in [6.07, 6.45) is 1.37. The molecule has 1 atom stereocenters. The summed E-state index contributed by atoms with van der Waals surface area (Å²) in [5.74, 6) is 0.0392. The number of amides is 2. The summed E-state index contributed by atoms with van der Waals surface area (Å²) < 4.78 is 22.2. The van der Waals surface area contributed by atoms with Crippen molar-refractivity contribution in [1.29, 1.82) is 0 Å². The van der Waals surface area contributed by atoms with Gasteiger partial charge in [0.1, 0.15) is 17.3 Å². The Balaban J connectivity index is 1.27. The van der Waals surface area contributed by atoms with E-state index in [2.05, 4.69) is 0 Å². The van der Waals surface area contributed by atoms with Crippen LogP contribution in [-0.2, 0) is 20.9 Å². The third-order valence-corrected chi connectivity index (χ3v) is 7.13. The second kappa shape index (κ2) is 12.3. The lowest BCUT2D eigenvalue weighted by atomic mass is 9.98. The molecular formula is C31H32N2O8. The number of fused-ring (bicyclic) bond motifs is 1. The van der Waals surface area contributed by atoms with Gasteiger partial charge >= 0.3 is 5.97 Å². The number of anilines is 1. The summed E-state index contributed by atoms with van der Waals surface area (Å²) in [6.45, 7) is 4.54. The van der Waals surface area contributed by atoms with Crippen LogP contribution in [0.2, 0.25) is 0 Å². The Morgan fingerprint density at radius 2 is 1.85 bits per heavy atom. The number of furan rings is 1. The van der Waals surface area contributed by atoms with Crippen LogP contribution in [0.4, 0.5) is 5.69 Å². The molecule has 2 aliphatic heterocycles. The van der Waals surface area contributed by atoms with E-state index in [0.717, 1.165) is 5.56 Å². The van der Waals surface area contributed by atoms with E-state index in [-0.39, 0.29) is 61.5 Å². The number of carbonyl (C=O) groups excluding carboxylic acids is 4. The molecule has 0 bridgehead atoms. The number of piperidine rings is 1. The maximum absolute atomic E-state index is 13.1. The van der Waals surface area contributed by atoms with E-state index in [4.69, 9.17) is 18.6 Å². The summed E-state index contributed by atoms with van der Waals surface area (Å²) in [7, 11) is 0. The minimum Gasteiger partial charge on any atom is -0.485 e. The molecule has 41 heavy (non-hydrogen) atoms. The molecule has 1 fully saturated rings. The fraction of sp³-hybridized carbons (Fsp3) is 0.355. The Bertz CT molecular complexity index is 1440. The average molecular weight is 561 g/mol. The van der Waals surface area contributed by atoms with E-state index >= 15 is 0 Å². The normalized spacial score (nSPS) is 16.5. The van der Waals surface area contributed by atoms with E-state index < -0.39 is 0 Å². The fourth-order valence-electron chi connectivity index (χ4n) is 4.92. The van der Waals surface area contributed by atoms with Gasteiger partial charge < -0.3 is 23.5 Å². The molecule has 1 saturated heterocycles. The smallest absolute Gasteiger partial charge is 0.310 e. The lowest BCUT2D eigenvalue weighted by Crippen LogP contribution is -2.42. The molecule has 2 amide bonds. The Kier molecular flexibility index (Phi) is 8.37. The fourth-order valence-corrected chi connectivity index (χ4v) is 4.92. The zero-order chi connectivity index (χ0) is 28.9. The molecule has 2 aromatic carbocycles. The number of Topliss-reactive ketones (excluding diaryl/α,β-unsaturated/α-hetero) is 1. The predicted molar refractivity (Wildman–Crippen MR) is 148 cm³/mol. The first-order valence-corrected chi connectivity index (χ1v) is 13.7. The number of ketones is 1. The van der Waals surface area contributed by atoms with Crippen LogP contribution < -0.4 is 14.4 Å². The zero-order valence-electron chi connectivity index (χ0n) is 23.1. The molecule has 3 aromatic rings. The summed E-state index contributed by atoms with van der Waals surface area (Å²) in [6, 6.07) is 15.5. The number of ether oxygens (including phenoxy) is 3. The van der Waals surface area contributed by atoms with Crippen molar-refractivity contribution in [3.63, 3.8) is 0 Å². The maximum atomic E-state index is 13.1. The number of rotatable bonds is 9. The highest BCUT2D eigenvalue weighted by atomic mass is 16.5. The van der Waals surface area contributed by atoms with Gasteiger partial charge in [0, 0.05) is 18.7 Å². The lowest BCUT2D eigenvalue weighted by molar-refractivity contribution is -0.149. The zero-order valence-corrected chi connectivity index (χ0v) is 23.1. The van der Waals surface area contributed by atoms with Crippen LogP contribution in [0.25, 0.3) is 0 Å². The summed E-state index contributed by atoms with van der Waals surface area (Å²) in [4.78, 5) is 54.1. The van der Waals surface area contributed by atoms with E-state index in [0.29, 0.717) is 54.5 Å². The first-order valence-electron chi connectivity index (χ1n) is 13.7. The molecule has 0 aliphatic carbocycles. The van der Waals surface area contributed by atoms with Crippen molar-refractivity contribution in [1.82, 2.24) is 4.90 Å². The average Bonchev–Trinajstić information content (AvgIpc) is 3.46. The number of aryl methyl sites for hydroxylation is 1. The number of carbonyl (C=O) groups is 4. The number of hydrogen-bond acceptors (Lipinski definition) is 8. The van der Waals surface area contributed by atoms with Crippen LogP contribution in [0.3, 0.4) is 0 Å². The molecule has 0 saturated carbocycles. The van der Waals surface area contributed by atoms with E-state index in [1.54, 1.807) is 54.3 Å². The van der Waals surface area contributed by atoms with Crippen molar-refractivity contribution in [2.45, 2.75) is 33.2 Å². The van der Waals surface area contributed by atoms with Gasteiger partial charge in [-0.05, 0) is 69.2 Å².